The molecule has 0 N–H and O–H groups in total. The SMILES string of the molecule is COc1cc(-c2nccn2C(C)C)cc(OC)c1OC. The normalized spacial score (nSPS) is 10.7. The fourth-order valence-corrected chi connectivity index (χ4v) is 2.16. The maximum absolute atomic E-state index is 5.38. The number of methoxy groups -OCH3 is 3. The molecule has 0 aliphatic carbocycles. The van der Waals surface area contributed by atoms with Crippen molar-refractivity contribution >= 4 is 0 Å². The molecule has 0 bridgehead atoms. The van der Waals surface area contributed by atoms with Gasteiger partial charge >= 0.3 is 0 Å². The topological polar surface area (TPSA) is 45.5 Å². The Hall–Kier alpha value is -2.17. The second kappa shape index (κ2) is 5.86. The first-order valence-electron chi connectivity index (χ1n) is 6.45. The molecule has 0 atom stereocenters. The van der Waals surface area contributed by atoms with Crippen LogP contribution in [-0.2, 0) is 0 Å². The fourth-order valence-electron chi connectivity index (χ4n) is 2.16. The van der Waals surface area contributed by atoms with Gasteiger partial charge in [-0.05, 0) is 26.0 Å². The minimum Gasteiger partial charge on any atom is -0.493 e. The lowest BCUT2D eigenvalue weighted by Gasteiger charge is -2.16. The molecule has 0 saturated heterocycles. The van der Waals surface area contributed by atoms with Crippen LogP contribution in [-0.4, -0.2) is 30.9 Å². The Morgan fingerprint density at radius 2 is 1.60 bits per heavy atom. The average molecular weight is 276 g/mol. The Labute approximate surface area is 119 Å². The number of nitrogens with zero attached hydrogens (tertiary/aromatic N) is 2. The second-order valence-electron chi connectivity index (χ2n) is 4.67. The van der Waals surface area contributed by atoms with Gasteiger partial charge in [-0.25, -0.2) is 4.98 Å². The third kappa shape index (κ3) is 2.43. The third-order valence-corrected chi connectivity index (χ3v) is 3.15. The molecule has 0 saturated carbocycles. The highest BCUT2D eigenvalue weighted by atomic mass is 16.5. The van der Waals surface area contributed by atoms with Crippen LogP contribution >= 0.6 is 0 Å². The summed E-state index contributed by atoms with van der Waals surface area (Å²) in [5.41, 5.74) is 0.929. The number of rotatable bonds is 5. The maximum Gasteiger partial charge on any atom is 0.203 e. The number of benzene rings is 1. The molecule has 108 valence electrons. The van der Waals surface area contributed by atoms with Crippen molar-refractivity contribution in [2.75, 3.05) is 21.3 Å². The molecule has 0 fully saturated rings. The molecular weight excluding hydrogens is 256 g/mol. The zero-order valence-electron chi connectivity index (χ0n) is 12.5. The van der Waals surface area contributed by atoms with Gasteiger partial charge in [-0.15, -0.1) is 0 Å². The Morgan fingerprint density at radius 3 is 2.05 bits per heavy atom. The van der Waals surface area contributed by atoms with Crippen LogP contribution < -0.4 is 14.2 Å². The van der Waals surface area contributed by atoms with Crippen molar-refractivity contribution in [3.8, 4) is 28.6 Å². The lowest BCUT2D eigenvalue weighted by atomic mass is 10.1. The molecule has 2 rings (SSSR count). The van der Waals surface area contributed by atoms with E-state index >= 15 is 0 Å². The molecule has 0 aliphatic heterocycles. The largest absolute Gasteiger partial charge is 0.493 e. The van der Waals surface area contributed by atoms with Crippen molar-refractivity contribution in [2.45, 2.75) is 19.9 Å². The number of hydrogen-bond donors (Lipinski definition) is 0. The zero-order chi connectivity index (χ0) is 14.7. The van der Waals surface area contributed by atoms with Crippen LogP contribution in [0.2, 0.25) is 0 Å². The first-order valence-corrected chi connectivity index (χ1v) is 6.45. The molecule has 1 aromatic heterocycles. The quantitative estimate of drug-likeness (QED) is 0.841. The maximum atomic E-state index is 5.38. The smallest absolute Gasteiger partial charge is 0.203 e. The Balaban J connectivity index is 2.60. The molecule has 0 spiro atoms. The van der Waals surface area contributed by atoms with Gasteiger partial charge in [-0.3, -0.25) is 0 Å². The molecule has 0 unspecified atom stereocenters. The molecule has 2 aromatic rings. The van der Waals surface area contributed by atoms with E-state index < -0.39 is 0 Å². The van der Waals surface area contributed by atoms with Gasteiger partial charge in [-0.1, -0.05) is 0 Å². The number of hydrogen-bond acceptors (Lipinski definition) is 4. The summed E-state index contributed by atoms with van der Waals surface area (Å²) < 4.78 is 18.2. The van der Waals surface area contributed by atoms with Gasteiger partial charge in [-0.2, -0.15) is 0 Å². The van der Waals surface area contributed by atoms with Gasteiger partial charge < -0.3 is 18.8 Å². The summed E-state index contributed by atoms with van der Waals surface area (Å²) in [5, 5.41) is 0. The Bertz CT molecular complexity index is 566. The number of imidazole rings is 1. The predicted octanol–water partition coefficient (Wildman–Crippen LogP) is 3.16. The first kappa shape index (κ1) is 14.2. The van der Waals surface area contributed by atoms with Crippen LogP contribution in [0.15, 0.2) is 24.5 Å². The average Bonchev–Trinajstić information content (AvgIpc) is 2.95. The fraction of sp³-hybridized carbons (Fsp3) is 0.400. The molecular formula is C15H20N2O3. The predicted molar refractivity (Wildman–Crippen MR) is 77.7 cm³/mol. The van der Waals surface area contributed by atoms with Crippen molar-refractivity contribution in [1.82, 2.24) is 9.55 Å². The molecule has 0 amide bonds. The van der Waals surface area contributed by atoms with Gasteiger partial charge in [0.25, 0.3) is 0 Å². The van der Waals surface area contributed by atoms with Crippen molar-refractivity contribution in [3.05, 3.63) is 24.5 Å². The van der Waals surface area contributed by atoms with E-state index in [0.717, 1.165) is 11.4 Å². The van der Waals surface area contributed by atoms with Crippen molar-refractivity contribution in [2.24, 2.45) is 0 Å². The van der Waals surface area contributed by atoms with E-state index in [0.29, 0.717) is 23.3 Å². The van der Waals surface area contributed by atoms with Gasteiger partial charge in [0.05, 0.1) is 21.3 Å². The van der Waals surface area contributed by atoms with E-state index in [1.165, 1.54) is 0 Å². The summed E-state index contributed by atoms with van der Waals surface area (Å²) in [5.74, 6) is 2.71. The van der Waals surface area contributed by atoms with Crippen LogP contribution in [0, 0.1) is 0 Å². The molecule has 20 heavy (non-hydrogen) atoms. The van der Waals surface area contributed by atoms with Gasteiger partial charge in [0.15, 0.2) is 11.5 Å². The highest BCUT2D eigenvalue weighted by Gasteiger charge is 2.17. The van der Waals surface area contributed by atoms with E-state index in [9.17, 15) is 0 Å². The highest BCUT2D eigenvalue weighted by Crippen LogP contribution is 2.41. The summed E-state index contributed by atoms with van der Waals surface area (Å²) in [6.07, 6.45) is 3.75. The van der Waals surface area contributed by atoms with Crippen LogP contribution in [0.4, 0.5) is 0 Å². The van der Waals surface area contributed by atoms with Gasteiger partial charge in [0.2, 0.25) is 5.75 Å². The van der Waals surface area contributed by atoms with Crippen molar-refractivity contribution < 1.29 is 14.2 Å². The molecule has 0 radical (unpaired) electrons. The number of aromatic nitrogens is 2. The molecule has 1 aromatic carbocycles. The summed E-state index contributed by atoms with van der Waals surface area (Å²) >= 11 is 0. The monoisotopic (exact) mass is 276 g/mol. The van der Waals surface area contributed by atoms with E-state index in [1.807, 2.05) is 18.3 Å². The van der Waals surface area contributed by atoms with Gasteiger partial charge in [0.1, 0.15) is 5.82 Å². The number of ether oxygens (including phenoxy) is 3. The highest BCUT2D eigenvalue weighted by molar-refractivity contribution is 5.67. The molecule has 1 heterocycles. The van der Waals surface area contributed by atoms with Crippen LogP contribution in [0.3, 0.4) is 0 Å². The Kier molecular flexibility index (Phi) is 4.17. The lowest BCUT2D eigenvalue weighted by molar-refractivity contribution is 0.324. The summed E-state index contributed by atoms with van der Waals surface area (Å²) in [6.45, 7) is 4.23. The van der Waals surface area contributed by atoms with Gasteiger partial charge in [0, 0.05) is 24.0 Å². The van der Waals surface area contributed by atoms with Crippen LogP contribution in [0.5, 0.6) is 17.2 Å². The van der Waals surface area contributed by atoms with Crippen molar-refractivity contribution in [3.63, 3.8) is 0 Å². The minimum atomic E-state index is 0.326. The minimum absolute atomic E-state index is 0.326. The second-order valence-corrected chi connectivity index (χ2v) is 4.67. The first-order chi connectivity index (χ1) is 9.62. The van der Waals surface area contributed by atoms with Crippen molar-refractivity contribution in [1.29, 1.82) is 0 Å². The summed E-state index contributed by atoms with van der Waals surface area (Å²) in [6, 6.07) is 4.14. The molecule has 5 heteroatoms. The molecule has 5 nitrogen and oxygen atoms in total. The Morgan fingerprint density at radius 1 is 1.00 bits per heavy atom. The van der Waals surface area contributed by atoms with E-state index in [4.69, 9.17) is 14.2 Å². The van der Waals surface area contributed by atoms with Crippen LogP contribution in [0.1, 0.15) is 19.9 Å². The third-order valence-electron chi connectivity index (χ3n) is 3.15. The van der Waals surface area contributed by atoms with Crippen LogP contribution in [0.25, 0.3) is 11.4 Å². The van der Waals surface area contributed by atoms with E-state index in [2.05, 4.69) is 23.4 Å². The summed E-state index contributed by atoms with van der Waals surface area (Å²) in [7, 11) is 4.81. The summed E-state index contributed by atoms with van der Waals surface area (Å²) in [4.78, 5) is 4.43. The zero-order valence-corrected chi connectivity index (χ0v) is 12.5. The van der Waals surface area contributed by atoms with E-state index in [-0.39, 0.29) is 0 Å². The standard InChI is InChI=1S/C15H20N2O3/c1-10(2)17-7-6-16-15(17)11-8-12(18-3)14(20-5)13(9-11)19-4/h6-10H,1-5H3. The van der Waals surface area contributed by atoms with E-state index in [1.54, 1.807) is 27.5 Å². The lowest BCUT2D eigenvalue weighted by Crippen LogP contribution is -2.03. The molecule has 0 aliphatic rings.